The van der Waals surface area contributed by atoms with Gasteiger partial charge in [0.05, 0.1) is 12.7 Å². The Hall–Kier alpha value is -2.46. The number of nitrogens with one attached hydrogen (secondary N) is 3. The monoisotopic (exact) mass is 548 g/mol. The Bertz CT molecular complexity index is 1030. The molecule has 8 nitrogen and oxygen atoms in total. The molecule has 3 amide bonds. The third kappa shape index (κ3) is 6.32. The van der Waals surface area contributed by atoms with Crippen molar-refractivity contribution in [3.63, 3.8) is 0 Å². The van der Waals surface area contributed by atoms with Gasteiger partial charge in [0, 0.05) is 43.7 Å². The molecule has 4 aliphatic carbocycles. The number of carbonyl (C=O) groups excluding carboxylic acids is 1. The van der Waals surface area contributed by atoms with Gasteiger partial charge in [0.1, 0.15) is 11.6 Å². The summed E-state index contributed by atoms with van der Waals surface area (Å²) in [6.07, 6.45) is 7.11. The van der Waals surface area contributed by atoms with Crippen molar-refractivity contribution >= 4 is 12.1 Å². The Balaban J connectivity index is 1.24. The van der Waals surface area contributed by atoms with Gasteiger partial charge in [-0.3, -0.25) is 0 Å². The number of rotatable bonds is 11. The predicted molar refractivity (Wildman–Crippen MR) is 142 cm³/mol. The van der Waals surface area contributed by atoms with E-state index in [1.165, 1.54) is 32.1 Å². The normalized spacial score (nSPS) is 30.8. The number of likely N-dealkylation sites (N-methyl/N-ethyl adjacent to an activating group) is 1. The maximum Gasteiger partial charge on any atom is 0.404 e. The van der Waals surface area contributed by atoms with E-state index in [4.69, 9.17) is 9.84 Å². The molecule has 39 heavy (non-hydrogen) atoms. The topological polar surface area (TPSA) is 103 Å². The average Bonchev–Trinajstić information content (AvgIpc) is 3.28. The fourth-order valence-electron chi connectivity index (χ4n) is 8.47. The standard InChI is InChI=1S/C29H42F2N4O4/c1-32-16-23(15-29-13-18-9-19(14-29)11-21(29)10-18)34-27(36)35-7-2-3-20(17-35)26(39-8-6-33-28(37)38)24-12-22(30)4-5-25(24)31/h4-5,12,18-21,23,26,32-33H,2-3,6-11,13-17H2,1H3,(H,34,36)(H,37,38)/t18-,19?,20?,21?,23+,26-,29?/m1/s1. The van der Waals surface area contributed by atoms with Crippen LogP contribution in [0.4, 0.5) is 18.4 Å². The highest BCUT2D eigenvalue weighted by Gasteiger charge is 2.57. The lowest BCUT2D eigenvalue weighted by atomic mass is 9.72. The molecule has 6 rings (SSSR count). The molecule has 4 N–H and O–H groups in total. The average molecular weight is 549 g/mol. The minimum atomic E-state index is -1.18. The summed E-state index contributed by atoms with van der Waals surface area (Å²) in [7, 11) is 1.92. The number of ether oxygens (including phenoxy) is 1. The van der Waals surface area contributed by atoms with Gasteiger partial charge in [-0.15, -0.1) is 0 Å². The second kappa shape index (κ2) is 12.0. The van der Waals surface area contributed by atoms with Crippen LogP contribution in [-0.2, 0) is 4.74 Å². The van der Waals surface area contributed by atoms with E-state index in [1.54, 1.807) is 4.90 Å². The zero-order valence-electron chi connectivity index (χ0n) is 22.8. The van der Waals surface area contributed by atoms with Crippen molar-refractivity contribution in [1.29, 1.82) is 0 Å². The number of carboxylic acid groups (broad SMARTS) is 1. The molecule has 1 aromatic rings. The first-order valence-electron chi connectivity index (χ1n) is 14.5. The summed E-state index contributed by atoms with van der Waals surface area (Å²) in [4.78, 5) is 26.1. The van der Waals surface area contributed by atoms with Crippen LogP contribution in [0.25, 0.3) is 0 Å². The summed E-state index contributed by atoms with van der Waals surface area (Å²) in [6.45, 7) is 1.68. The molecule has 0 aromatic heterocycles. The molecule has 7 atom stereocenters. The number of carbonyl (C=O) groups is 2. The van der Waals surface area contributed by atoms with Crippen LogP contribution >= 0.6 is 0 Å². The first-order valence-corrected chi connectivity index (χ1v) is 14.5. The van der Waals surface area contributed by atoms with E-state index in [9.17, 15) is 18.4 Å². The number of amides is 3. The predicted octanol–water partition coefficient (Wildman–Crippen LogP) is 4.52. The van der Waals surface area contributed by atoms with Crippen LogP contribution in [0.2, 0.25) is 0 Å². The van der Waals surface area contributed by atoms with Crippen molar-refractivity contribution in [3.05, 3.63) is 35.4 Å². The number of halogens is 2. The van der Waals surface area contributed by atoms with Crippen LogP contribution in [0.5, 0.6) is 0 Å². The Kier molecular flexibility index (Phi) is 8.61. The van der Waals surface area contributed by atoms with Crippen LogP contribution in [0.15, 0.2) is 18.2 Å². The number of nitrogens with zero attached hydrogens (tertiary/aromatic N) is 1. The molecule has 5 aliphatic rings. The minimum absolute atomic E-state index is 0.00506. The molecule has 216 valence electrons. The number of piperidine rings is 1. The molecule has 1 aromatic carbocycles. The SMILES string of the molecule is CNC[C@H](CC12CC3CC1C[C@@H](C3)C2)NC(=O)N1CCCC([C@@H](OCCNC(=O)O)c2cc(F)ccc2F)C1. The highest BCUT2D eigenvalue weighted by molar-refractivity contribution is 5.74. The fourth-order valence-corrected chi connectivity index (χ4v) is 8.47. The zero-order chi connectivity index (χ0) is 27.6. The second-order valence-corrected chi connectivity index (χ2v) is 12.4. The lowest BCUT2D eigenvalue weighted by Gasteiger charge is -2.39. The molecule has 1 aliphatic heterocycles. The van der Waals surface area contributed by atoms with Crippen LogP contribution in [0.1, 0.15) is 63.0 Å². The van der Waals surface area contributed by atoms with Gasteiger partial charge < -0.3 is 30.7 Å². The molecule has 0 spiro atoms. The molecule has 4 saturated carbocycles. The molecular weight excluding hydrogens is 506 g/mol. The lowest BCUT2D eigenvalue weighted by Crippen LogP contribution is -2.52. The van der Waals surface area contributed by atoms with Crippen LogP contribution in [-0.4, -0.2) is 68.0 Å². The molecule has 0 radical (unpaired) electrons. The maximum absolute atomic E-state index is 14.8. The number of hydrogen-bond donors (Lipinski definition) is 4. The Morgan fingerprint density at radius 1 is 1.21 bits per heavy atom. The van der Waals surface area contributed by atoms with Crippen molar-refractivity contribution in [2.24, 2.45) is 29.1 Å². The van der Waals surface area contributed by atoms with E-state index in [1.807, 2.05) is 7.05 Å². The van der Waals surface area contributed by atoms with Gasteiger partial charge in [0.2, 0.25) is 0 Å². The number of hydrogen-bond acceptors (Lipinski definition) is 4. The molecule has 1 heterocycles. The van der Waals surface area contributed by atoms with Gasteiger partial charge in [-0.1, -0.05) is 0 Å². The number of benzene rings is 1. The van der Waals surface area contributed by atoms with E-state index in [-0.39, 0.29) is 36.7 Å². The van der Waals surface area contributed by atoms with E-state index >= 15 is 0 Å². The first-order chi connectivity index (χ1) is 18.8. The molecule has 4 bridgehead atoms. The largest absolute Gasteiger partial charge is 0.465 e. The molecule has 10 heteroatoms. The Labute approximate surface area is 229 Å². The van der Waals surface area contributed by atoms with Gasteiger partial charge >= 0.3 is 12.1 Å². The Morgan fingerprint density at radius 3 is 2.69 bits per heavy atom. The molecular formula is C29H42F2N4O4. The summed E-state index contributed by atoms with van der Waals surface area (Å²) >= 11 is 0. The summed E-state index contributed by atoms with van der Waals surface area (Å²) in [6, 6.07) is 3.19. The third-order valence-corrected chi connectivity index (χ3v) is 9.70. The summed E-state index contributed by atoms with van der Waals surface area (Å²) in [5.41, 5.74) is 0.460. The van der Waals surface area contributed by atoms with Gasteiger partial charge in [-0.2, -0.15) is 0 Å². The lowest BCUT2D eigenvalue weighted by molar-refractivity contribution is -0.0107. The van der Waals surface area contributed by atoms with Gasteiger partial charge in [-0.05, 0) is 99.8 Å². The smallest absolute Gasteiger partial charge is 0.404 e. The van der Waals surface area contributed by atoms with E-state index in [0.29, 0.717) is 37.9 Å². The van der Waals surface area contributed by atoms with Crippen molar-refractivity contribution < 1.29 is 28.2 Å². The fraction of sp³-hybridized carbons (Fsp3) is 0.724. The first kappa shape index (κ1) is 28.1. The maximum atomic E-state index is 14.8. The van der Waals surface area contributed by atoms with Crippen LogP contribution in [0.3, 0.4) is 0 Å². The number of likely N-dealkylation sites (tertiary alicyclic amines) is 1. The van der Waals surface area contributed by atoms with Crippen molar-refractivity contribution in [1.82, 2.24) is 20.9 Å². The summed E-state index contributed by atoms with van der Waals surface area (Å²) < 4.78 is 34.8. The quantitative estimate of drug-likeness (QED) is 0.305. The van der Waals surface area contributed by atoms with Crippen molar-refractivity contribution in [2.45, 2.75) is 63.5 Å². The highest BCUT2D eigenvalue weighted by atomic mass is 19.1. The van der Waals surface area contributed by atoms with E-state index < -0.39 is 23.8 Å². The van der Waals surface area contributed by atoms with E-state index in [0.717, 1.165) is 42.4 Å². The third-order valence-electron chi connectivity index (χ3n) is 9.70. The molecule has 4 unspecified atom stereocenters. The minimum Gasteiger partial charge on any atom is -0.465 e. The summed E-state index contributed by atoms with van der Waals surface area (Å²) in [5.74, 6) is 1.12. The highest BCUT2D eigenvalue weighted by Crippen LogP contribution is 2.67. The van der Waals surface area contributed by atoms with Crippen LogP contribution < -0.4 is 16.0 Å². The van der Waals surface area contributed by atoms with E-state index in [2.05, 4.69) is 16.0 Å². The van der Waals surface area contributed by atoms with Gasteiger partial charge in [0.25, 0.3) is 0 Å². The van der Waals surface area contributed by atoms with Crippen LogP contribution in [0, 0.1) is 40.7 Å². The van der Waals surface area contributed by atoms with Crippen molar-refractivity contribution in [2.75, 3.05) is 39.8 Å². The Morgan fingerprint density at radius 2 is 1.97 bits per heavy atom. The van der Waals surface area contributed by atoms with Gasteiger partial charge in [0.15, 0.2) is 0 Å². The second-order valence-electron chi connectivity index (χ2n) is 12.4. The molecule has 1 saturated heterocycles. The summed E-state index contributed by atoms with van der Waals surface area (Å²) in [5, 5.41) is 17.7. The number of urea groups is 1. The zero-order valence-corrected chi connectivity index (χ0v) is 22.8. The van der Waals surface area contributed by atoms with Crippen molar-refractivity contribution in [3.8, 4) is 0 Å². The van der Waals surface area contributed by atoms with Gasteiger partial charge in [-0.25, -0.2) is 18.4 Å². The molecule has 5 fully saturated rings.